The van der Waals surface area contributed by atoms with Crippen LogP contribution < -0.4 is 5.32 Å². The largest absolute Gasteiger partial charge is 0.396 e. The Labute approximate surface area is 83.3 Å². The van der Waals surface area contributed by atoms with Crippen molar-refractivity contribution in [3.05, 3.63) is 24.0 Å². The summed E-state index contributed by atoms with van der Waals surface area (Å²) >= 11 is 0. The molecule has 1 amide bonds. The zero-order valence-electron chi connectivity index (χ0n) is 8.12. The van der Waals surface area contributed by atoms with Gasteiger partial charge in [-0.3, -0.25) is 4.79 Å². The molecule has 4 heteroatoms. The lowest BCUT2D eigenvalue weighted by atomic mass is 10.3. The molecule has 0 aliphatic carbocycles. The van der Waals surface area contributed by atoms with Gasteiger partial charge in [0.1, 0.15) is 0 Å². The second-order valence-electron chi connectivity index (χ2n) is 3.12. The normalized spacial score (nSPS) is 10.1. The number of nitrogens with one attached hydrogen (secondary N) is 2. The van der Waals surface area contributed by atoms with Crippen molar-refractivity contribution in [2.24, 2.45) is 0 Å². The zero-order chi connectivity index (χ0) is 10.2. The molecule has 1 rings (SSSR count). The Balaban J connectivity index is 2.06. The fraction of sp³-hybridized carbons (Fsp3) is 0.500. The minimum atomic E-state index is 0.00519. The van der Waals surface area contributed by atoms with E-state index in [0.29, 0.717) is 19.4 Å². The van der Waals surface area contributed by atoms with Crippen molar-refractivity contribution in [1.29, 1.82) is 0 Å². The van der Waals surface area contributed by atoms with Crippen molar-refractivity contribution in [1.82, 2.24) is 10.3 Å². The van der Waals surface area contributed by atoms with Crippen molar-refractivity contribution in [3.63, 3.8) is 0 Å². The number of carbonyl (C=O) groups is 1. The number of aromatic nitrogens is 1. The van der Waals surface area contributed by atoms with Gasteiger partial charge in [-0.2, -0.15) is 0 Å². The van der Waals surface area contributed by atoms with Crippen LogP contribution in [0.1, 0.15) is 18.5 Å². The van der Waals surface area contributed by atoms with Gasteiger partial charge in [-0.25, -0.2) is 0 Å². The summed E-state index contributed by atoms with van der Waals surface area (Å²) in [5.41, 5.74) is 1.12. The van der Waals surface area contributed by atoms with E-state index in [0.717, 1.165) is 12.1 Å². The highest BCUT2D eigenvalue weighted by Crippen LogP contribution is 1.94. The van der Waals surface area contributed by atoms with Gasteiger partial charge in [0, 0.05) is 37.9 Å². The Bertz CT molecular complexity index is 257. The summed E-state index contributed by atoms with van der Waals surface area (Å²) < 4.78 is 0. The maximum atomic E-state index is 11.1. The Kier molecular flexibility index (Phi) is 4.78. The van der Waals surface area contributed by atoms with Gasteiger partial charge < -0.3 is 15.4 Å². The van der Waals surface area contributed by atoms with Crippen LogP contribution in [0.15, 0.2) is 18.3 Å². The van der Waals surface area contributed by atoms with Crippen LogP contribution in [0.4, 0.5) is 0 Å². The Morgan fingerprint density at radius 3 is 3.07 bits per heavy atom. The number of hydrogen-bond donors (Lipinski definition) is 3. The molecule has 0 aliphatic heterocycles. The van der Waals surface area contributed by atoms with Crippen molar-refractivity contribution in [2.45, 2.75) is 19.3 Å². The van der Waals surface area contributed by atoms with E-state index in [2.05, 4.69) is 10.3 Å². The minimum absolute atomic E-state index is 0.00519. The fourth-order valence-electron chi connectivity index (χ4n) is 1.19. The first-order valence-corrected chi connectivity index (χ1v) is 4.83. The standard InChI is InChI=1S/C10H16N2O2/c13-8-2-4-10(14)12-7-5-9-3-1-6-11-9/h1,3,6,11,13H,2,4-5,7-8H2,(H,12,14). The van der Waals surface area contributed by atoms with Crippen molar-refractivity contribution < 1.29 is 9.90 Å². The number of carbonyl (C=O) groups excluding carboxylic acids is 1. The highest BCUT2D eigenvalue weighted by atomic mass is 16.3. The van der Waals surface area contributed by atoms with E-state index < -0.39 is 0 Å². The number of amides is 1. The van der Waals surface area contributed by atoms with Gasteiger partial charge in [-0.15, -0.1) is 0 Å². The van der Waals surface area contributed by atoms with Gasteiger partial charge in [-0.05, 0) is 18.6 Å². The first-order valence-electron chi connectivity index (χ1n) is 4.83. The van der Waals surface area contributed by atoms with Gasteiger partial charge in [-0.1, -0.05) is 0 Å². The third kappa shape index (κ3) is 4.09. The molecule has 0 saturated carbocycles. The number of aliphatic hydroxyl groups is 1. The molecule has 0 radical (unpaired) electrons. The minimum Gasteiger partial charge on any atom is -0.396 e. The smallest absolute Gasteiger partial charge is 0.220 e. The molecular weight excluding hydrogens is 180 g/mol. The van der Waals surface area contributed by atoms with Crippen molar-refractivity contribution >= 4 is 5.91 Å². The van der Waals surface area contributed by atoms with Crippen LogP contribution in [-0.2, 0) is 11.2 Å². The van der Waals surface area contributed by atoms with Gasteiger partial charge >= 0.3 is 0 Å². The molecule has 3 N–H and O–H groups in total. The molecule has 78 valence electrons. The molecule has 1 aromatic rings. The van der Waals surface area contributed by atoms with Crippen LogP contribution in [0.25, 0.3) is 0 Å². The maximum Gasteiger partial charge on any atom is 0.220 e. The lowest BCUT2D eigenvalue weighted by Gasteiger charge is -2.02. The van der Waals surface area contributed by atoms with Crippen molar-refractivity contribution in [2.75, 3.05) is 13.2 Å². The first-order chi connectivity index (χ1) is 6.83. The van der Waals surface area contributed by atoms with E-state index in [-0.39, 0.29) is 12.5 Å². The molecule has 1 aromatic heterocycles. The summed E-state index contributed by atoms with van der Waals surface area (Å²) in [5.74, 6) is 0.00519. The second kappa shape index (κ2) is 6.21. The SMILES string of the molecule is O=C(CCCO)NCCc1ccc[nH]1. The summed E-state index contributed by atoms with van der Waals surface area (Å²) in [6.07, 6.45) is 3.62. The summed E-state index contributed by atoms with van der Waals surface area (Å²) in [6, 6.07) is 3.92. The third-order valence-electron chi connectivity index (χ3n) is 1.94. The Morgan fingerprint density at radius 2 is 2.43 bits per heavy atom. The molecule has 0 bridgehead atoms. The monoisotopic (exact) mass is 196 g/mol. The predicted octanol–water partition coefficient (Wildman–Crippen LogP) is 0.446. The summed E-state index contributed by atoms with van der Waals surface area (Å²) in [4.78, 5) is 14.2. The molecule has 0 atom stereocenters. The van der Waals surface area contributed by atoms with Gasteiger partial charge in [0.15, 0.2) is 0 Å². The number of aromatic amines is 1. The molecule has 0 fully saturated rings. The van der Waals surface area contributed by atoms with E-state index in [1.165, 1.54) is 0 Å². The fourth-order valence-corrected chi connectivity index (χ4v) is 1.19. The highest BCUT2D eigenvalue weighted by molar-refractivity contribution is 5.75. The van der Waals surface area contributed by atoms with Crippen LogP contribution in [0.2, 0.25) is 0 Å². The summed E-state index contributed by atoms with van der Waals surface area (Å²) in [5, 5.41) is 11.3. The van der Waals surface area contributed by atoms with Gasteiger partial charge in [0.05, 0.1) is 0 Å². The Hall–Kier alpha value is -1.29. The zero-order valence-corrected chi connectivity index (χ0v) is 8.12. The van der Waals surface area contributed by atoms with Gasteiger partial charge in [0.2, 0.25) is 5.91 Å². The molecule has 0 aromatic carbocycles. The summed E-state index contributed by atoms with van der Waals surface area (Å²) in [7, 11) is 0. The number of rotatable bonds is 6. The Morgan fingerprint density at radius 1 is 1.57 bits per heavy atom. The molecule has 14 heavy (non-hydrogen) atoms. The average molecular weight is 196 g/mol. The lowest BCUT2D eigenvalue weighted by molar-refractivity contribution is -0.121. The van der Waals surface area contributed by atoms with Crippen LogP contribution >= 0.6 is 0 Å². The van der Waals surface area contributed by atoms with E-state index in [1.54, 1.807) is 0 Å². The second-order valence-corrected chi connectivity index (χ2v) is 3.12. The molecule has 1 heterocycles. The third-order valence-corrected chi connectivity index (χ3v) is 1.94. The van der Waals surface area contributed by atoms with E-state index in [1.807, 2.05) is 18.3 Å². The quantitative estimate of drug-likeness (QED) is 0.618. The van der Waals surface area contributed by atoms with E-state index in [4.69, 9.17) is 5.11 Å². The number of aliphatic hydroxyl groups excluding tert-OH is 1. The molecule has 4 nitrogen and oxygen atoms in total. The number of H-pyrrole nitrogens is 1. The molecule has 0 spiro atoms. The van der Waals surface area contributed by atoms with E-state index >= 15 is 0 Å². The first kappa shape index (κ1) is 10.8. The van der Waals surface area contributed by atoms with Crippen molar-refractivity contribution in [3.8, 4) is 0 Å². The average Bonchev–Trinajstić information content (AvgIpc) is 2.67. The predicted molar refractivity (Wildman–Crippen MR) is 53.8 cm³/mol. The van der Waals surface area contributed by atoms with Crippen LogP contribution in [-0.4, -0.2) is 29.1 Å². The van der Waals surface area contributed by atoms with Crippen LogP contribution in [0.5, 0.6) is 0 Å². The van der Waals surface area contributed by atoms with Gasteiger partial charge in [0.25, 0.3) is 0 Å². The van der Waals surface area contributed by atoms with Crippen LogP contribution in [0.3, 0.4) is 0 Å². The summed E-state index contributed by atoms with van der Waals surface area (Å²) in [6.45, 7) is 0.717. The lowest BCUT2D eigenvalue weighted by Crippen LogP contribution is -2.25. The highest BCUT2D eigenvalue weighted by Gasteiger charge is 1.99. The molecular formula is C10H16N2O2. The topological polar surface area (TPSA) is 65.1 Å². The molecule has 0 unspecified atom stereocenters. The molecule has 0 saturated heterocycles. The maximum absolute atomic E-state index is 11.1. The van der Waals surface area contributed by atoms with Crippen LogP contribution in [0, 0.1) is 0 Å². The van der Waals surface area contributed by atoms with E-state index in [9.17, 15) is 4.79 Å². The number of hydrogen-bond acceptors (Lipinski definition) is 2. The molecule has 0 aliphatic rings.